The highest BCUT2D eigenvalue weighted by Gasteiger charge is 2.36. The molecule has 2 aromatic carbocycles. The third kappa shape index (κ3) is 6.26. The number of carbonyl (C=O) groups excluding carboxylic acids is 2. The number of nitrogens with zero attached hydrogens (tertiary/aromatic N) is 1. The van der Waals surface area contributed by atoms with E-state index in [4.69, 9.17) is 16.0 Å². The first-order valence-corrected chi connectivity index (χ1v) is 13.0. The Morgan fingerprint density at radius 1 is 1.08 bits per heavy atom. The molecule has 0 radical (unpaired) electrons. The molecular weight excluding hydrogens is 508 g/mol. The van der Waals surface area contributed by atoms with Gasteiger partial charge >= 0.3 is 0 Å². The van der Waals surface area contributed by atoms with Gasteiger partial charge in [-0.05, 0) is 67.4 Å². The summed E-state index contributed by atoms with van der Waals surface area (Å²) in [6.45, 7) is 3.83. The Balaban J connectivity index is 1.55. The lowest BCUT2D eigenvalue weighted by Crippen LogP contribution is -2.31. The van der Waals surface area contributed by atoms with Crippen molar-refractivity contribution >= 4 is 46.6 Å². The van der Waals surface area contributed by atoms with Gasteiger partial charge in [-0.15, -0.1) is 0 Å². The summed E-state index contributed by atoms with van der Waals surface area (Å²) in [5.41, 5.74) is 3.67. The third-order valence-electron chi connectivity index (χ3n) is 5.82. The average Bonchev–Trinajstić information content (AvgIpc) is 3.43. The maximum atomic E-state index is 13.4. The van der Waals surface area contributed by atoms with Crippen LogP contribution >= 0.6 is 23.4 Å². The predicted octanol–water partition coefficient (Wildman–Crippen LogP) is 6.20. The summed E-state index contributed by atoms with van der Waals surface area (Å²) in [5, 5.41) is 20.1. The van der Waals surface area contributed by atoms with Crippen LogP contribution in [0.5, 0.6) is 0 Å². The van der Waals surface area contributed by atoms with Gasteiger partial charge in [0.1, 0.15) is 5.76 Å². The quantitative estimate of drug-likeness (QED) is 0.319. The van der Waals surface area contributed by atoms with Crippen LogP contribution in [0.25, 0.3) is 0 Å². The Morgan fingerprint density at radius 3 is 2.38 bits per heavy atom. The lowest BCUT2D eigenvalue weighted by molar-refractivity contribution is -0.114. The van der Waals surface area contributed by atoms with Gasteiger partial charge in [0.2, 0.25) is 5.91 Å². The van der Waals surface area contributed by atoms with Crippen LogP contribution in [0.2, 0.25) is 5.02 Å². The first-order chi connectivity index (χ1) is 17.9. The molecule has 0 aliphatic carbocycles. The van der Waals surface area contributed by atoms with E-state index in [1.807, 2.05) is 24.3 Å². The molecule has 1 atom stereocenters. The molecule has 1 unspecified atom stereocenters. The molecule has 1 aromatic heterocycles. The molecule has 0 bridgehead atoms. The molecule has 2 heterocycles. The second-order valence-corrected chi connectivity index (χ2v) is 9.74. The van der Waals surface area contributed by atoms with E-state index in [2.05, 4.69) is 28.9 Å². The van der Waals surface area contributed by atoms with Crippen LogP contribution in [-0.2, 0) is 16.0 Å². The summed E-state index contributed by atoms with van der Waals surface area (Å²) in [5.74, 6) is -0.784. The van der Waals surface area contributed by atoms with Crippen molar-refractivity contribution < 1.29 is 14.0 Å². The molecule has 3 N–H and O–H groups in total. The van der Waals surface area contributed by atoms with Gasteiger partial charge in [0.15, 0.2) is 0 Å². The number of allylic oxidation sites excluding steroid dienone is 2. The number of nitriles is 1. The Morgan fingerprint density at radius 2 is 1.76 bits per heavy atom. The van der Waals surface area contributed by atoms with E-state index < -0.39 is 5.92 Å². The molecule has 4 rings (SSSR count). The highest BCUT2D eigenvalue weighted by atomic mass is 35.5. The second-order valence-electron chi connectivity index (χ2n) is 8.32. The van der Waals surface area contributed by atoms with Crippen LogP contribution < -0.4 is 16.0 Å². The maximum absolute atomic E-state index is 13.4. The second kappa shape index (κ2) is 11.9. The van der Waals surface area contributed by atoms with Crippen molar-refractivity contribution in [2.75, 3.05) is 16.4 Å². The van der Waals surface area contributed by atoms with Crippen molar-refractivity contribution in [2.45, 2.75) is 26.2 Å². The molecule has 0 spiro atoms. The molecule has 2 amide bonds. The Kier molecular flexibility index (Phi) is 8.39. The number of rotatable bonds is 8. The summed E-state index contributed by atoms with van der Waals surface area (Å²) in [6, 6.07) is 20.1. The first-order valence-electron chi connectivity index (χ1n) is 11.6. The smallest absolute Gasteiger partial charge is 0.254 e. The summed E-state index contributed by atoms with van der Waals surface area (Å²) in [6.07, 6.45) is 2.42. The van der Waals surface area contributed by atoms with Crippen LogP contribution in [0.4, 0.5) is 11.4 Å². The van der Waals surface area contributed by atoms with Crippen molar-refractivity contribution in [3.8, 4) is 6.07 Å². The number of thioether (sulfide) groups is 1. The molecule has 188 valence electrons. The Hall–Kier alpha value is -3.93. The minimum Gasteiger partial charge on any atom is -0.468 e. The fourth-order valence-corrected chi connectivity index (χ4v) is 4.98. The van der Waals surface area contributed by atoms with Gasteiger partial charge in [0, 0.05) is 22.1 Å². The van der Waals surface area contributed by atoms with Crippen molar-refractivity contribution in [1.29, 1.82) is 5.26 Å². The number of aryl methyl sites for hydroxylation is 1. The minimum atomic E-state index is -0.735. The van der Waals surface area contributed by atoms with Gasteiger partial charge in [0.05, 0.1) is 40.2 Å². The number of hydrogen-bond donors (Lipinski definition) is 3. The molecule has 37 heavy (non-hydrogen) atoms. The zero-order chi connectivity index (χ0) is 26.4. The monoisotopic (exact) mass is 532 g/mol. The normalized spacial score (nSPS) is 15.1. The van der Waals surface area contributed by atoms with E-state index >= 15 is 0 Å². The third-order valence-corrected chi connectivity index (χ3v) is 7.08. The van der Waals surface area contributed by atoms with E-state index in [0.29, 0.717) is 44.0 Å². The summed E-state index contributed by atoms with van der Waals surface area (Å²) in [7, 11) is 0. The summed E-state index contributed by atoms with van der Waals surface area (Å²) < 4.78 is 5.64. The largest absolute Gasteiger partial charge is 0.468 e. The van der Waals surface area contributed by atoms with Crippen molar-refractivity contribution in [2.24, 2.45) is 0 Å². The zero-order valence-corrected chi connectivity index (χ0v) is 21.9. The number of amides is 2. The van der Waals surface area contributed by atoms with Gasteiger partial charge in [-0.1, -0.05) is 42.4 Å². The van der Waals surface area contributed by atoms with E-state index in [-0.39, 0.29) is 17.6 Å². The molecule has 3 aromatic rings. The van der Waals surface area contributed by atoms with Crippen molar-refractivity contribution in [3.63, 3.8) is 0 Å². The number of halogens is 1. The van der Waals surface area contributed by atoms with Gasteiger partial charge in [0.25, 0.3) is 5.91 Å². The number of carbonyl (C=O) groups is 2. The van der Waals surface area contributed by atoms with Crippen molar-refractivity contribution in [1.82, 2.24) is 5.32 Å². The number of nitrogens with one attached hydrogen (secondary N) is 3. The number of dihydropyridines is 1. The van der Waals surface area contributed by atoms with Gasteiger partial charge < -0.3 is 20.4 Å². The van der Waals surface area contributed by atoms with Crippen LogP contribution in [0.15, 0.2) is 93.2 Å². The maximum Gasteiger partial charge on any atom is 0.254 e. The van der Waals surface area contributed by atoms with Crippen molar-refractivity contribution in [3.05, 3.63) is 105 Å². The molecular formula is C28H25ClN4O3S. The number of furan rings is 1. The Bertz CT molecular complexity index is 1390. The molecule has 7 nitrogen and oxygen atoms in total. The van der Waals surface area contributed by atoms with Crippen LogP contribution in [0.3, 0.4) is 0 Å². The number of hydrogen-bond acceptors (Lipinski definition) is 6. The van der Waals surface area contributed by atoms with Crippen LogP contribution in [0.1, 0.15) is 31.1 Å². The summed E-state index contributed by atoms with van der Waals surface area (Å²) in [4.78, 5) is 26.0. The lowest BCUT2D eigenvalue weighted by Gasteiger charge is -2.28. The molecule has 1 aliphatic heterocycles. The highest BCUT2D eigenvalue weighted by Crippen LogP contribution is 2.41. The van der Waals surface area contributed by atoms with E-state index in [1.54, 1.807) is 43.3 Å². The highest BCUT2D eigenvalue weighted by molar-refractivity contribution is 8.03. The topological polar surface area (TPSA) is 107 Å². The number of benzene rings is 2. The molecule has 0 fully saturated rings. The van der Waals surface area contributed by atoms with E-state index in [9.17, 15) is 14.9 Å². The van der Waals surface area contributed by atoms with Gasteiger partial charge in [-0.3, -0.25) is 9.59 Å². The first kappa shape index (κ1) is 26.1. The standard InChI is InChI=1S/C28H25ClN4O3S/c1-3-18-6-10-20(11-7-18)32-24(34)16-37-28-22(15-30)26(23-5-4-14-36-23)25(17(2)31-28)27(35)33-21-12-8-19(29)9-13-21/h4-14,26,31H,3,16H2,1-2H3,(H,32,34)(H,33,35). The van der Waals surface area contributed by atoms with Crippen LogP contribution in [-0.4, -0.2) is 17.6 Å². The minimum absolute atomic E-state index is 0.0769. The molecule has 0 saturated carbocycles. The molecule has 0 saturated heterocycles. The fourth-order valence-electron chi connectivity index (χ4n) is 3.96. The lowest BCUT2D eigenvalue weighted by atomic mass is 9.85. The molecule has 9 heteroatoms. The SMILES string of the molecule is CCc1ccc(NC(=O)CSC2=C(C#N)C(c3ccco3)C(C(=O)Nc3ccc(Cl)cc3)=C(C)N2)cc1. The Labute approximate surface area is 224 Å². The van der Waals surface area contributed by atoms with Crippen LogP contribution in [0, 0.1) is 11.3 Å². The molecule has 1 aliphatic rings. The average molecular weight is 533 g/mol. The van der Waals surface area contributed by atoms with Gasteiger partial charge in [-0.2, -0.15) is 5.26 Å². The predicted molar refractivity (Wildman–Crippen MR) is 147 cm³/mol. The number of anilines is 2. The summed E-state index contributed by atoms with van der Waals surface area (Å²) >= 11 is 7.16. The van der Waals surface area contributed by atoms with Gasteiger partial charge in [-0.25, -0.2) is 0 Å². The fraction of sp³-hybridized carbons (Fsp3) is 0.179. The van der Waals surface area contributed by atoms with E-state index in [1.165, 1.54) is 23.6 Å². The zero-order valence-electron chi connectivity index (χ0n) is 20.3. The van der Waals surface area contributed by atoms with E-state index in [0.717, 1.165) is 6.42 Å².